The summed E-state index contributed by atoms with van der Waals surface area (Å²) in [6.45, 7) is 2.55. The third kappa shape index (κ3) is 3.99. The lowest BCUT2D eigenvalue weighted by molar-refractivity contribution is 0.502. The van der Waals surface area contributed by atoms with Crippen molar-refractivity contribution < 1.29 is 13.2 Å². The molecule has 2 aromatic carbocycles. The van der Waals surface area contributed by atoms with Crippen molar-refractivity contribution in [3.8, 4) is 0 Å². The second-order valence-electron chi connectivity index (χ2n) is 4.73. The van der Waals surface area contributed by atoms with Crippen LogP contribution in [0.2, 0.25) is 5.02 Å². The Hall–Kier alpha value is -1.52. The molecule has 0 aromatic heterocycles. The first-order chi connectivity index (χ1) is 10.0. The molecule has 2 aromatic rings. The topological polar surface area (TPSA) is 12.0 Å². The minimum Gasteiger partial charge on any atom is -0.310 e. The van der Waals surface area contributed by atoms with Crippen molar-refractivity contribution in [2.75, 3.05) is 6.54 Å². The second kappa shape index (κ2) is 6.96. The van der Waals surface area contributed by atoms with Gasteiger partial charge >= 0.3 is 0 Å². The quantitative estimate of drug-likeness (QED) is 0.847. The van der Waals surface area contributed by atoms with Crippen LogP contribution in [0.25, 0.3) is 0 Å². The van der Waals surface area contributed by atoms with Gasteiger partial charge in [-0.3, -0.25) is 0 Å². The highest BCUT2D eigenvalue weighted by molar-refractivity contribution is 6.31. The number of benzene rings is 2. The maximum Gasteiger partial charge on any atom is 0.159 e. The molecule has 0 saturated heterocycles. The molecule has 1 N–H and O–H groups in total. The summed E-state index contributed by atoms with van der Waals surface area (Å²) in [5.41, 5.74) is 1.21. The number of hydrogen-bond donors (Lipinski definition) is 1. The van der Waals surface area contributed by atoms with E-state index in [1.807, 2.05) is 6.92 Å². The highest BCUT2D eigenvalue weighted by Crippen LogP contribution is 2.27. The van der Waals surface area contributed by atoms with E-state index in [-0.39, 0.29) is 11.9 Å². The molecule has 0 fully saturated rings. The Bertz CT molecular complexity index is 631. The first kappa shape index (κ1) is 15.9. The van der Waals surface area contributed by atoms with Crippen molar-refractivity contribution in [2.45, 2.75) is 19.4 Å². The summed E-state index contributed by atoms with van der Waals surface area (Å²) in [6.07, 6.45) is 0.383. The van der Waals surface area contributed by atoms with Crippen LogP contribution in [0.4, 0.5) is 13.2 Å². The van der Waals surface area contributed by atoms with Crippen LogP contribution < -0.4 is 5.32 Å². The second-order valence-corrected chi connectivity index (χ2v) is 5.14. The lowest BCUT2D eigenvalue weighted by Gasteiger charge is -2.20. The molecule has 1 unspecified atom stereocenters. The van der Waals surface area contributed by atoms with E-state index >= 15 is 0 Å². The number of likely N-dealkylation sites (N-methyl/N-ethyl adjacent to an activating group) is 1. The maximum absolute atomic E-state index is 13.4. The van der Waals surface area contributed by atoms with E-state index in [0.29, 0.717) is 29.1 Å². The summed E-state index contributed by atoms with van der Waals surface area (Å²) in [5.74, 6) is -2.17. The Kier molecular flexibility index (Phi) is 5.26. The SMILES string of the molecule is CCNC(Cc1ccc(F)c(F)c1)c1cc(F)ccc1Cl. The molecule has 0 heterocycles. The zero-order chi connectivity index (χ0) is 15.4. The molecule has 21 heavy (non-hydrogen) atoms. The first-order valence-electron chi connectivity index (χ1n) is 6.63. The molecule has 0 amide bonds. The fourth-order valence-corrected chi connectivity index (χ4v) is 2.47. The molecule has 0 aliphatic heterocycles. The van der Waals surface area contributed by atoms with E-state index in [4.69, 9.17) is 11.6 Å². The van der Waals surface area contributed by atoms with Crippen molar-refractivity contribution in [3.63, 3.8) is 0 Å². The summed E-state index contributed by atoms with van der Waals surface area (Å²) in [7, 11) is 0. The van der Waals surface area contributed by atoms with Gasteiger partial charge in [0.2, 0.25) is 0 Å². The molecular weight excluding hydrogens is 299 g/mol. The fraction of sp³-hybridized carbons (Fsp3) is 0.250. The Morgan fingerprint density at radius 1 is 1.05 bits per heavy atom. The minimum absolute atomic E-state index is 0.275. The molecule has 5 heteroatoms. The molecule has 2 rings (SSSR count). The average molecular weight is 314 g/mol. The number of halogens is 4. The van der Waals surface area contributed by atoms with Gasteiger partial charge in [-0.05, 0) is 54.4 Å². The van der Waals surface area contributed by atoms with Crippen LogP contribution in [-0.4, -0.2) is 6.54 Å². The summed E-state index contributed by atoms with van der Waals surface area (Å²) >= 11 is 6.11. The van der Waals surface area contributed by atoms with Crippen LogP contribution in [0, 0.1) is 17.5 Å². The van der Waals surface area contributed by atoms with Gasteiger partial charge in [-0.25, -0.2) is 13.2 Å². The Balaban J connectivity index is 2.30. The minimum atomic E-state index is -0.895. The molecule has 0 aliphatic rings. The fourth-order valence-electron chi connectivity index (χ4n) is 2.22. The van der Waals surface area contributed by atoms with Crippen LogP contribution in [0.15, 0.2) is 36.4 Å². The summed E-state index contributed by atoms with van der Waals surface area (Å²) in [4.78, 5) is 0. The third-order valence-electron chi connectivity index (χ3n) is 3.21. The lowest BCUT2D eigenvalue weighted by Crippen LogP contribution is -2.23. The lowest BCUT2D eigenvalue weighted by atomic mass is 9.98. The van der Waals surface area contributed by atoms with E-state index in [1.165, 1.54) is 24.3 Å². The normalized spacial score (nSPS) is 12.4. The van der Waals surface area contributed by atoms with Gasteiger partial charge in [-0.2, -0.15) is 0 Å². The number of nitrogens with one attached hydrogen (secondary N) is 1. The molecule has 1 nitrogen and oxygen atoms in total. The zero-order valence-corrected chi connectivity index (χ0v) is 12.2. The van der Waals surface area contributed by atoms with Crippen molar-refractivity contribution >= 4 is 11.6 Å². The molecule has 0 saturated carbocycles. The van der Waals surface area contributed by atoms with Gasteiger partial charge in [0.05, 0.1) is 0 Å². The van der Waals surface area contributed by atoms with Crippen molar-refractivity contribution in [2.24, 2.45) is 0 Å². The van der Waals surface area contributed by atoms with Crippen molar-refractivity contribution in [1.29, 1.82) is 0 Å². The van der Waals surface area contributed by atoms with Gasteiger partial charge < -0.3 is 5.32 Å². The third-order valence-corrected chi connectivity index (χ3v) is 3.55. The van der Waals surface area contributed by atoms with E-state index < -0.39 is 11.6 Å². The standard InChI is InChI=1S/C16H15ClF3N/c1-2-21-16(12-9-11(18)4-5-13(12)17)8-10-3-6-14(19)15(20)7-10/h3-7,9,16,21H,2,8H2,1H3. The summed E-state index contributed by atoms with van der Waals surface area (Å²) < 4.78 is 39.7. The molecule has 0 radical (unpaired) electrons. The molecule has 0 bridgehead atoms. The molecule has 1 atom stereocenters. The van der Waals surface area contributed by atoms with Gasteiger partial charge in [0.25, 0.3) is 0 Å². The van der Waals surface area contributed by atoms with Crippen LogP contribution in [0.5, 0.6) is 0 Å². The van der Waals surface area contributed by atoms with Gasteiger partial charge in [0.1, 0.15) is 5.82 Å². The van der Waals surface area contributed by atoms with E-state index in [1.54, 1.807) is 0 Å². The summed E-state index contributed by atoms with van der Waals surface area (Å²) in [5, 5.41) is 3.62. The maximum atomic E-state index is 13.4. The monoisotopic (exact) mass is 313 g/mol. The Labute approximate surface area is 126 Å². The van der Waals surface area contributed by atoms with Crippen LogP contribution in [0.1, 0.15) is 24.1 Å². The van der Waals surface area contributed by atoms with Crippen LogP contribution >= 0.6 is 11.6 Å². The molecule has 0 aliphatic carbocycles. The van der Waals surface area contributed by atoms with Gasteiger partial charge in [-0.15, -0.1) is 0 Å². The number of rotatable bonds is 5. The smallest absolute Gasteiger partial charge is 0.159 e. The predicted molar refractivity (Wildman–Crippen MR) is 77.9 cm³/mol. The zero-order valence-electron chi connectivity index (χ0n) is 11.5. The Morgan fingerprint density at radius 2 is 1.81 bits per heavy atom. The van der Waals surface area contributed by atoms with E-state index in [9.17, 15) is 13.2 Å². The van der Waals surface area contributed by atoms with Crippen molar-refractivity contribution in [1.82, 2.24) is 5.32 Å². The van der Waals surface area contributed by atoms with Crippen molar-refractivity contribution in [3.05, 3.63) is 70.0 Å². The molecule has 0 spiro atoms. The van der Waals surface area contributed by atoms with E-state index in [2.05, 4.69) is 5.32 Å². The van der Waals surface area contributed by atoms with Gasteiger partial charge in [-0.1, -0.05) is 24.6 Å². The predicted octanol–water partition coefficient (Wildman–Crippen LogP) is 4.65. The first-order valence-corrected chi connectivity index (χ1v) is 7.01. The molecular formula is C16H15ClF3N. The van der Waals surface area contributed by atoms with Crippen LogP contribution in [0.3, 0.4) is 0 Å². The highest BCUT2D eigenvalue weighted by atomic mass is 35.5. The van der Waals surface area contributed by atoms with Gasteiger partial charge in [0, 0.05) is 11.1 Å². The largest absolute Gasteiger partial charge is 0.310 e. The summed E-state index contributed by atoms with van der Waals surface area (Å²) in [6, 6.07) is 7.59. The average Bonchev–Trinajstić information content (AvgIpc) is 2.45. The number of hydrogen-bond acceptors (Lipinski definition) is 1. The Morgan fingerprint density at radius 3 is 2.48 bits per heavy atom. The molecule has 112 valence electrons. The van der Waals surface area contributed by atoms with Gasteiger partial charge in [0.15, 0.2) is 11.6 Å². The van der Waals surface area contributed by atoms with Crippen LogP contribution in [-0.2, 0) is 6.42 Å². The van der Waals surface area contributed by atoms with E-state index in [0.717, 1.165) is 12.1 Å². The highest BCUT2D eigenvalue weighted by Gasteiger charge is 2.16.